The number of aryl methyl sites for hydroxylation is 4. The quantitative estimate of drug-likeness (QED) is 0.131. The molecule has 8 rings (SSSR count). The van der Waals surface area contributed by atoms with Crippen LogP contribution in [0.4, 0.5) is 0 Å². The number of aromatic nitrogens is 3. The van der Waals surface area contributed by atoms with Gasteiger partial charge in [0, 0.05) is 37.4 Å². The van der Waals surface area contributed by atoms with Crippen LogP contribution in [-0.4, -0.2) is 22.6 Å². The Morgan fingerprint density at radius 1 is 0.735 bits per heavy atom. The van der Waals surface area contributed by atoms with E-state index >= 15 is 0 Å². The number of pyridine rings is 1. The van der Waals surface area contributed by atoms with E-state index in [4.69, 9.17) is 9.40 Å². The van der Waals surface area contributed by atoms with Crippen LogP contribution in [0.25, 0.3) is 61.3 Å². The van der Waals surface area contributed by atoms with Crippen molar-refractivity contribution in [3.63, 3.8) is 0 Å². The summed E-state index contributed by atoms with van der Waals surface area (Å²) in [6, 6.07) is 42.1. The number of rotatable bonds is 4. The van der Waals surface area contributed by atoms with Gasteiger partial charge >= 0.3 is 0 Å². The predicted molar refractivity (Wildman–Crippen MR) is 203 cm³/mol. The van der Waals surface area contributed by atoms with Crippen molar-refractivity contribution < 1.29 is 24.5 Å². The Labute approximate surface area is 303 Å². The fourth-order valence-corrected chi connectivity index (χ4v) is 7.50. The van der Waals surface area contributed by atoms with Gasteiger partial charge in [-0.15, -0.1) is 53.6 Å². The van der Waals surface area contributed by atoms with Gasteiger partial charge in [-0.2, -0.15) is 0 Å². The van der Waals surface area contributed by atoms with Gasteiger partial charge in [0.05, 0.1) is 30.5 Å². The molecule has 0 unspecified atom stereocenters. The first kappa shape index (κ1) is 34.3. The Bertz CT molecular complexity index is 2390. The first-order valence-electron chi connectivity index (χ1n) is 16.4. The Morgan fingerprint density at radius 3 is 2.16 bits per heavy atom. The van der Waals surface area contributed by atoms with Gasteiger partial charge in [-0.3, -0.25) is 4.98 Å². The normalized spacial score (nSPS) is 11.4. The molecule has 0 aliphatic heterocycles. The summed E-state index contributed by atoms with van der Waals surface area (Å²) < 4.78 is 8.58. The van der Waals surface area contributed by atoms with Crippen molar-refractivity contribution in [3.05, 3.63) is 144 Å². The minimum absolute atomic E-state index is 0. The van der Waals surface area contributed by atoms with Gasteiger partial charge in [0.25, 0.3) is 0 Å². The minimum Gasteiger partial charge on any atom is -0.501 e. The summed E-state index contributed by atoms with van der Waals surface area (Å²) in [5.41, 5.74) is 12.8. The zero-order valence-corrected chi connectivity index (χ0v) is 32.4. The fraction of sp³-hybridized carbons (Fsp3) is 0.163. The maximum atomic E-state index is 6.32. The summed E-state index contributed by atoms with van der Waals surface area (Å²) in [7, 11) is -1.24. The molecule has 3 heterocycles. The minimum atomic E-state index is -1.24. The van der Waals surface area contributed by atoms with Crippen LogP contribution in [0.2, 0.25) is 19.6 Å². The van der Waals surface area contributed by atoms with Crippen LogP contribution in [0.15, 0.2) is 114 Å². The van der Waals surface area contributed by atoms with E-state index in [0.717, 1.165) is 61.3 Å². The number of fused-ring (bicyclic) bond motifs is 4. The van der Waals surface area contributed by atoms with Gasteiger partial charge in [0.1, 0.15) is 5.58 Å². The van der Waals surface area contributed by atoms with Gasteiger partial charge in [-0.05, 0) is 61.0 Å². The zero-order valence-electron chi connectivity index (χ0n) is 29.0. The molecule has 5 aromatic carbocycles. The monoisotopic (exact) mass is 834 g/mol. The molecule has 6 heteroatoms. The number of hydrogen-bond acceptors (Lipinski definition) is 3. The molecule has 3 aromatic heterocycles. The molecule has 0 aliphatic carbocycles. The van der Waals surface area contributed by atoms with Crippen LogP contribution < -0.4 is 5.19 Å². The molecule has 0 saturated heterocycles. The molecule has 4 nitrogen and oxygen atoms in total. The van der Waals surface area contributed by atoms with Crippen LogP contribution >= 0.6 is 0 Å². The molecule has 0 N–H and O–H groups in total. The van der Waals surface area contributed by atoms with Gasteiger partial charge in [0.15, 0.2) is 0 Å². The van der Waals surface area contributed by atoms with Gasteiger partial charge < -0.3 is 14.0 Å². The van der Waals surface area contributed by atoms with Crippen molar-refractivity contribution in [3.8, 4) is 28.3 Å². The fourth-order valence-electron chi connectivity index (χ4n) is 6.46. The van der Waals surface area contributed by atoms with Gasteiger partial charge in [-0.1, -0.05) is 97.7 Å². The summed E-state index contributed by atoms with van der Waals surface area (Å²) in [6.07, 6.45) is 2.02. The van der Waals surface area contributed by atoms with E-state index in [1.807, 2.05) is 42.6 Å². The average Bonchev–Trinajstić information content (AvgIpc) is 3.64. The van der Waals surface area contributed by atoms with E-state index in [9.17, 15) is 0 Å². The van der Waals surface area contributed by atoms with Crippen LogP contribution in [0.5, 0.6) is 0 Å². The van der Waals surface area contributed by atoms with E-state index < -0.39 is 8.07 Å². The number of para-hydroxylation sites is 3. The second-order valence-corrected chi connectivity index (χ2v) is 18.7. The largest absolute Gasteiger partial charge is 0.501 e. The zero-order chi connectivity index (χ0) is 33.6. The standard InChI is InChI=1S/C28H21N2O.C15H18NSi.Ir/c1-17-15-18(2)26(19(3)16-17)30-24-13-6-5-12-23(24)29-28(30)22-11-8-10-21-20-9-4-7-14-25(20)31-27(21)22;1-12-5-7-13(8-6-12)15-10-9-14(11-16-15)17(2,3)4;/h4-10,12-16H,1-3H3;5-7,9-11H,1-4H3;/q2*-1;. The molecule has 0 bridgehead atoms. The number of imidazole rings is 1. The van der Waals surface area contributed by atoms with E-state index in [0.29, 0.717) is 0 Å². The molecular formula is C43H39IrN3OSi-2. The summed E-state index contributed by atoms with van der Waals surface area (Å²) in [5.74, 6) is 0.848. The third-order valence-corrected chi connectivity index (χ3v) is 10.9. The molecule has 1 radical (unpaired) electrons. The maximum absolute atomic E-state index is 6.32. The molecule has 0 fully saturated rings. The average molecular weight is 834 g/mol. The Hall–Kier alpha value is -4.61. The second-order valence-electron chi connectivity index (χ2n) is 13.7. The molecule has 0 saturated carbocycles. The Morgan fingerprint density at radius 2 is 1.47 bits per heavy atom. The summed E-state index contributed by atoms with van der Waals surface area (Å²) in [5, 5.41) is 3.59. The molecule has 0 atom stereocenters. The summed E-state index contributed by atoms with van der Waals surface area (Å²) in [6.45, 7) is 15.5. The Balaban J connectivity index is 0.000000198. The molecule has 0 aliphatic rings. The van der Waals surface area contributed by atoms with Crippen molar-refractivity contribution >= 4 is 46.2 Å². The molecule has 247 valence electrons. The third kappa shape index (κ3) is 6.69. The first-order valence-corrected chi connectivity index (χ1v) is 19.9. The number of furan rings is 1. The van der Waals surface area contributed by atoms with Crippen LogP contribution in [0, 0.1) is 39.8 Å². The molecule has 8 aromatic rings. The van der Waals surface area contributed by atoms with Gasteiger partial charge in [0.2, 0.25) is 0 Å². The van der Waals surface area contributed by atoms with E-state index in [2.05, 4.69) is 136 Å². The van der Waals surface area contributed by atoms with Gasteiger partial charge in [-0.25, -0.2) is 0 Å². The molecule has 49 heavy (non-hydrogen) atoms. The van der Waals surface area contributed by atoms with E-state index in [1.165, 1.54) is 27.4 Å². The van der Waals surface area contributed by atoms with Crippen LogP contribution in [-0.2, 0) is 20.1 Å². The molecule has 0 spiro atoms. The molecular weight excluding hydrogens is 795 g/mol. The SMILES string of the molecule is Cc1c[c-]c(-c2ccc([Si](C)(C)C)cn2)cc1.Cc1cc(C)c(-n2c(-c3[c-]ccc4c3oc3ccccc34)nc3ccccc32)c(C)c1.[Ir]. The molecule has 0 amide bonds. The number of hydrogen-bond donors (Lipinski definition) is 0. The summed E-state index contributed by atoms with van der Waals surface area (Å²) >= 11 is 0. The predicted octanol–water partition coefficient (Wildman–Crippen LogP) is 10.7. The van der Waals surface area contributed by atoms with E-state index in [1.54, 1.807) is 0 Å². The van der Waals surface area contributed by atoms with Crippen molar-refractivity contribution in [1.29, 1.82) is 0 Å². The third-order valence-electron chi connectivity index (χ3n) is 8.86. The number of nitrogens with zero attached hydrogens (tertiary/aromatic N) is 3. The van der Waals surface area contributed by atoms with Crippen LogP contribution in [0.1, 0.15) is 22.3 Å². The maximum Gasteiger partial charge on any atom is 0.120 e. The summed E-state index contributed by atoms with van der Waals surface area (Å²) in [4.78, 5) is 9.60. The van der Waals surface area contributed by atoms with Crippen molar-refractivity contribution in [2.45, 2.75) is 47.3 Å². The first-order chi connectivity index (χ1) is 23.1. The smallest absolute Gasteiger partial charge is 0.120 e. The van der Waals surface area contributed by atoms with Crippen LogP contribution in [0.3, 0.4) is 0 Å². The van der Waals surface area contributed by atoms with E-state index in [-0.39, 0.29) is 20.1 Å². The second kappa shape index (κ2) is 13.7. The Kier molecular flexibility index (Phi) is 9.59. The topological polar surface area (TPSA) is 43.9 Å². The number of benzene rings is 5. The van der Waals surface area contributed by atoms with Crippen molar-refractivity contribution in [2.24, 2.45) is 0 Å². The van der Waals surface area contributed by atoms with Crippen molar-refractivity contribution in [2.75, 3.05) is 0 Å². The van der Waals surface area contributed by atoms with Crippen molar-refractivity contribution in [1.82, 2.24) is 14.5 Å².